The maximum atomic E-state index is 12.1. The molecular weight excluding hydrogens is 664 g/mol. The zero-order chi connectivity index (χ0) is 38.6. The van der Waals surface area contributed by atoms with E-state index in [1.54, 1.807) is 13.8 Å². The van der Waals surface area contributed by atoms with Crippen LogP contribution in [0, 0.1) is 5.41 Å². The smallest absolute Gasteiger partial charge is 0.333 e. The summed E-state index contributed by atoms with van der Waals surface area (Å²) in [6.45, 7) is 15.5. The molecule has 0 aliphatic heterocycles. The van der Waals surface area contributed by atoms with Crippen LogP contribution in [0.4, 0.5) is 0 Å². The number of carbonyl (C=O) groups is 2. The average molecular weight is 727 g/mol. The molecule has 0 amide bonds. The second kappa shape index (κ2) is 22.8. The first-order chi connectivity index (χ1) is 25.6. The molecule has 3 aromatic carbocycles. The third kappa shape index (κ3) is 13.9. The molecule has 0 saturated carbocycles. The summed E-state index contributed by atoms with van der Waals surface area (Å²) >= 11 is 0. The number of esters is 2. The highest BCUT2D eigenvalue weighted by atomic mass is 16.5. The van der Waals surface area contributed by atoms with Gasteiger partial charge in [0, 0.05) is 16.6 Å². The van der Waals surface area contributed by atoms with Gasteiger partial charge in [-0.25, -0.2) is 9.59 Å². The number of ether oxygens (including phenoxy) is 3. The summed E-state index contributed by atoms with van der Waals surface area (Å²) in [7, 11) is 0. The summed E-state index contributed by atoms with van der Waals surface area (Å²) in [5, 5.41) is 20.5. The van der Waals surface area contributed by atoms with Crippen LogP contribution < -0.4 is 4.74 Å². The highest BCUT2D eigenvalue weighted by molar-refractivity contribution is 5.87. The van der Waals surface area contributed by atoms with Crippen LogP contribution in [0.5, 0.6) is 5.75 Å². The molecular formula is C46H62O7. The minimum Gasteiger partial charge on any atom is -0.493 e. The van der Waals surface area contributed by atoms with Crippen LogP contribution in [0.1, 0.15) is 102 Å². The Kier molecular flexibility index (Phi) is 18.6. The van der Waals surface area contributed by atoms with Crippen LogP contribution in [-0.2, 0) is 38.3 Å². The van der Waals surface area contributed by atoms with Crippen molar-refractivity contribution in [2.75, 3.05) is 33.0 Å². The van der Waals surface area contributed by atoms with E-state index in [1.165, 1.54) is 30.4 Å². The van der Waals surface area contributed by atoms with Gasteiger partial charge in [-0.05, 0) is 116 Å². The minimum atomic E-state index is -0.624. The summed E-state index contributed by atoms with van der Waals surface area (Å²) in [6, 6.07) is 21.7. The molecule has 0 atom stereocenters. The molecule has 0 saturated heterocycles. The van der Waals surface area contributed by atoms with Crippen LogP contribution >= 0.6 is 0 Å². The van der Waals surface area contributed by atoms with E-state index in [2.05, 4.69) is 87.7 Å². The quantitative estimate of drug-likeness (QED) is 0.0509. The van der Waals surface area contributed by atoms with Crippen molar-refractivity contribution in [2.45, 2.75) is 105 Å². The summed E-state index contributed by atoms with van der Waals surface area (Å²) in [4.78, 5) is 24.2. The van der Waals surface area contributed by atoms with E-state index in [-0.39, 0.29) is 26.4 Å². The Bertz CT molecular complexity index is 1540. The number of aliphatic hydroxyl groups excluding tert-OH is 2. The number of aliphatic hydroxyl groups is 2. The second-order valence-electron chi connectivity index (χ2n) is 14.4. The Hall–Kier alpha value is -4.20. The van der Waals surface area contributed by atoms with Gasteiger partial charge in [0.05, 0.1) is 33.0 Å². The second-order valence-corrected chi connectivity index (χ2v) is 14.4. The summed E-state index contributed by atoms with van der Waals surface area (Å²) in [6.07, 6.45) is 10.2. The lowest BCUT2D eigenvalue weighted by Crippen LogP contribution is -2.32. The van der Waals surface area contributed by atoms with Crippen LogP contribution in [0.2, 0.25) is 0 Å². The monoisotopic (exact) mass is 726 g/mol. The molecule has 0 spiro atoms. The first kappa shape index (κ1) is 43.2. The largest absolute Gasteiger partial charge is 0.493 e. The molecule has 0 aromatic heterocycles. The Morgan fingerprint density at radius 3 is 1.53 bits per heavy atom. The molecule has 7 heteroatoms. The lowest BCUT2D eigenvalue weighted by atomic mass is 9.81. The van der Waals surface area contributed by atoms with E-state index in [0.717, 1.165) is 52.8 Å². The van der Waals surface area contributed by atoms with Gasteiger partial charge < -0.3 is 24.4 Å². The zero-order valence-corrected chi connectivity index (χ0v) is 32.6. The molecule has 53 heavy (non-hydrogen) atoms. The van der Waals surface area contributed by atoms with Gasteiger partial charge >= 0.3 is 11.9 Å². The molecule has 3 aromatic rings. The fourth-order valence-corrected chi connectivity index (χ4v) is 6.29. The maximum Gasteiger partial charge on any atom is 0.333 e. The van der Waals surface area contributed by atoms with Crippen LogP contribution in [0.3, 0.4) is 0 Å². The predicted molar refractivity (Wildman–Crippen MR) is 215 cm³/mol. The summed E-state index contributed by atoms with van der Waals surface area (Å²) in [5.41, 5.74) is 7.80. The number of hydrogen-bond acceptors (Lipinski definition) is 7. The van der Waals surface area contributed by atoms with Crippen molar-refractivity contribution in [3.05, 3.63) is 102 Å². The van der Waals surface area contributed by atoms with Gasteiger partial charge in [-0.2, -0.15) is 0 Å². The average Bonchev–Trinajstić information content (AvgIpc) is 3.17. The molecule has 0 aliphatic carbocycles. The molecule has 0 unspecified atom stereocenters. The molecule has 0 bridgehead atoms. The number of rotatable bonds is 25. The van der Waals surface area contributed by atoms with Crippen molar-refractivity contribution in [1.29, 1.82) is 0 Å². The Labute approximate surface area is 318 Å². The van der Waals surface area contributed by atoms with E-state index < -0.39 is 17.4 Å². The van der Waals surface area contributed by atoms with Gasteiger partial charge in [0.15, 0.2) is 0 Å². The van der Waals surface area contributed by atoms with Gasteiger partial charge in [0.25, 0.3) is 0 Å². The van der Waals surface area contributed by atoms with E-state index in [1.807, 2.05) is 0 Å². The van der Waals surface area contributed by atoms with Crippen molar-refractivity contribution in [3.8, 4) is 28.0 Å². The number of unbranched alkanes of at least 4 members (excludes halogenated alkanes) is 3. The number of benzene rings is 3. The minimum absolute atomic E-state index is 0.118. The zero-order valence-electron chi connectivity index (χ0n) is 32.6. The third-order valence-corrected chi connectivity index (χ3v) is 9.77. The van der Waals surface area contributed by atoms with Gasteiger partial charge in [-0.1, -0.05) is 101 Å². The van der Waals surface area contributed by atoms with E-state index >= 15 is 0 Å². The van der Waals surface area contributed by atoms with Crippen molar-refractivity contribution in [3.63, 3.8) is 0 Å². The molecule has 0 heterocycles. The predicted octanol–water partition coefficient (Wildman–Crippen LogP) is 9.79. The lowest BCUT2D eigenvalue weighted by Gasteiger charge is -2.30. The maximum absolute atomic E-state index is 12.1. The van der Waals surface area contributed by atoms with Crippen molar-refractivity contribution < 1.29 is 34.0 Å². The Balaban J connectivity index is 1.96. The van der Waals surface area contributed by atoms with Crippen LogP contribution in [-0.4, -0.2) is 55.2 Å². The Morgan fingerprint density at radius 2 is 1.08 bits per heavy atom. The third-order valence-electron chi connectivity index (χ3n) is 9.77. The fourth-order valence-electron chi connectivity index (χ4n) is 6.29. The Morgan fingerprint density at radius 1 is 0.604 bits per heavy atom. The van der Waals surface area contributed by atoms with Crippen LogP contribution in [0.15, 0.2) is 85.0 Å². The molecule has 2 N–H and O–H groups in total. The van der Waals surface area contributed by atoms with E-state index in [4.69, 9.17) is 14.2 Å². The summed E-state index contributed by atoms with van der Waals surface area (Å²) in [5.74, 6) is -0.0899. The SMILES string of the molecule is C=C(C)C(=O)OCCCc1cc(-c2ccc(-c3ccc(CCCCC)cc3)cc2)cc(CCCOC(=O)C(=C)C)c1OCCC(CO)(CO)CCCC. The number of aryl methyl sites for hydroxylation is 3. The molecule has 288 valence electrons. The molecule has 3 rings (SSSR count). The normalized spacial score (nSPS) is 11.3. The van der Waals surface area contributed by atoms with E-state index in [0.29, 0.717) is 56.3 Å². The van der Waals surface area contributed by atoms with E-state index in [9.17, 15) is 19.8 Å². The number of hydrogen-bond donors (Lipinski definition) is 2. The van der Waals surface area contributed by atoms with Gasteiger partial charge in [-0.15, -0.1) is 0 Å². The van der Waals surface area contributed by atoms with Gasteiger partial charge in [0.2, 0.25) is 0 Å². The standard InChI is InChI=1S/C46H62O7/c1-7-9-11-14-36-17-19-37(20-18-36)38-21-23-39(24-22-38)42-30-40(15-12-27-52-44(49)34(3)4)43(41(31-42)16-13-28-53-45(50)35(5)6)51-29-26-46(32-47,33-48)25-10-8-2/h17-24,30-31,47-48H,3,5,7-16,25-29,32-33H2,1-2,4,6H3. The van der Waals surface area contributed by atoms with Crippen molar-refractivity contribution >= 4 is 11.9 Å². The van der Waals surface area contributed by atoms with Crippen molar-refractivity contribution in [2.24, 2.45) is 5.41 Å². The van der Waals surface area contributed by atoms with Gasteiger partial charge in [-0.3, -0.25) is 0 Å². The lowest BCUT2D eigenvalue weighted by molar-refractivity contribution is -0.139. The highest BCUT2D eigenvalue weighted by Gasteiger charge is 2.28. The van der Waals surface area contributed by atoms with Crippen LogP contribution in [0.25, 0.3) is 22.3 Å². The summed E-state index contributed by atoms with van der Waals surface area (Å²) < 4.78 is 17.4. The first-order valence-electron chi connectivity index (χ1n) is 19.4. The molecule has 0 aliphatic rings. The molecule has 0 radical (unpaired) electrons. The van der Waals surface area contributed by atoms with Gasteiger partial charge in [0.1, 0.15) is 5.75 Å². The first-order valence-corrected chi connectivity index (χ1v) is 19.4. The fraction of sp³-hybridized carbons (Fsp3) is 0.478. The highest BCUT2D eigenvalue weighted by Crippen LogP contribution is 2.36. The topological polar surface area (TPSA) is 102 Å². The molecule has 7 nitrogen and oxygen atoms in total. The number of carbonyl (C=O) groups excluding carboxylic acids is 2. The van der Waals surface area contributed by atoms with Crippen molar-refractivity contribution in [1.82, 2.24) is 0 Å². The molecule has 0 fully saturated rings.